The number of methoxy groups -OCH3 is 1. The maximum absolute atomic E-state index is 13.3. The van der Waals surface area contributed by atoms with Crippen LogP contribution >= 0.6 is 22.6 Å². The number of hydrogen-bond donors (Lipinski definition) is 1. The molecular weight excluding hydrogens is 531 g/mol. The molecule has 0 saturated heterocycles. The fourth-order valence-electron chi connectivity index (χ4n) is 2.81. The zero-order valence-electron chi connectivity index (χ0n) is 16.5. The Labute approximate surface area is 194 Å². The highest BCUT2D eigenvalue weighted by molar-refractivity contribution is 14.1. The van der Waals surface area contributed by atoms with Crippen molar-refractivity contribution in [3.8, 4) is 0 Å². The summed E-state index contributed by atoms with van der Waals surface area (Å²) in [6.45, 7) is -0.444. The summed E-state index contributed by atoms with van der Waals surface area (Å²) in [5.74, 6) is -1.09. The Morgan fingerprint density at radius 2 is 1.65 bits per heavy atom. The first-order valence-electron chi connectivity index (χ1n) is 9.13. The second kappa shape index (κ2) is 9.92. The van der Waals surface area contributed by atoms with Gasteiger partial charge in [-0.1, -0.05) is 24.3 Å². The lowest BCUT2D eigenvalue weighted by atomic mass is 10.2. The number of amides is 1. The molecule has 9 heteroatoms. The van der Waals surface area contributed by atoms with Gasteiger partial charge in [-0.15, -0.1) is 0 Å². The molecule has 31 heavy (non-hydrogen) atoms. The molecule has 1 N–H and O–H groups in total. The number of benzene rings is 3. The maximum Gasteiger partial charge on any atom is 0.337 e. The third-order valence-electron chi connectivity index (χ3n) is 4.30. The van der Waals surface area contributed by atoms with Crippen LogP contribution < -0.4 is 9.62 Å². The Bertz CT molecular complexity index is 1180. The third-order valence-corrected chi connectivity index (χ3v) is 6.81. The summed E-state index contributed by atoms with van der Waals surface area (Å²) in [5.41, 5.74) is 0.988. The van der Waals surface area contributed by atoms with E-state index in [1.165, 1.54) is 25.3 Å². The Balaban J connectivity index is 1.89. The van der Waals surface area contributed by atoms with Gasteiger partial charge in [-0.3, -0.25) is 9.10 Å². The molecule has 0 aliphatic rings. The number of rotatable bonds is 7. The van der Waals surface area contributed by atoms with Crippen LogP contribution in [-0.4, -0.2) is 33.9 Å². The first-order valence-corrected chi connectivity index (χ1v) is 11.6. The van der Waals surface area contributed by atoms with E-state index in [9.17, 15) is 18.0 Å². The van der Waals surface area contributed by atoms with Crippen molar-refractivity contribution in [2.24, 2.45) is 0 Å². The molecule has 0 heterocycles. The lowest BCUT2D eigenvalue weighted by Gasteiger charge is -2.24. The molecular formula is C22H19IN2O5S. The van der Waals surface area contributed by atoms with Crippen molar-refractivity contribution >= 4 is 55.9 Å². The second-order valence-electron chi connectivity index (χ2n) is 6.42. The highest BCUT2D eigenvalue weighted by atomic mass is 127. The topological polar surface area (TPSA) is 92.8 Å². The van der Waals surface area contributed by atoms with Crippen LogP contribution in [0.1, 0.15) is 10.4 Å². The largest absolute Gasteiger partial charge is 0.465 e. The van der Waals surface area contributed by atoms with Gasteiger partial charge < -0.3 is 10.1 Å². The van der Waals surface area contributed by atoms with Gasteiger partial charge in [-0.2, -0.15) is 0 Å². The molecule has 1 amide bonds. The number of nitrogens with one attached hydrogen (secondary N) is 1. The van der Waals surface area contributed by atoms with Crippen LogP contribution in [-0.2, 0) is 19.6 Å². The molecule has 3 rings (SSSR count). The SMILES string of the molecule is COC(=O)c1cccc(NC(=O)CN(c2ccc(I)cc2)S(=O)(=O)c2ccccc2)c1. The molecule has 0 spiro atoms. The zero-order valence-corrected chi connectivity index (χ0v) is 19.5. The lowest BCUT2D eigenvalue weighted by Crippen LogP contribution is -2.38. The first kappa shape index (κ1) is 22.8. The summed E-state index contributed by atoms with van der Waals surface area (Å²) in [7, 11) is -2.72. The van der Waals surface area contributed by atoms with E-state index in [1.54, 1.807) is 60.7 Å². The Morgan fingerprint density at radius 1 is 0.968 bits per heavy atom. The number of carbonyl (C=O) groups is 2. The van der Waals surface area contributed by atoms with Gasteiger partial charge in [-0.25, -0.2) is 13.2 Å². The van der Waals surface area contributed by atoms with Crippen LogP contribution in [0.4, 0.5) is 11.4 Å². The van der Waals surface area contributed by atoms with Gasteiger partial charge in [0, 0.05) is 9.26 Å². The van der Waals surface area contributed by atoms with Crippen molar-refractivity contribution in [3.05, 3.63) is 88.0 Å². The number of hydrogen-bond acceptors (Lipinski definition) is 5. The molecule has 0 bridgehead atoms. The molecule has 0 atom stereocenters. The monoisotopic (exact) mass is 550 g/mol. The molecule has 0 aliphatic carbocycles. The highest BCUT2D eigenvalue weighted by Gasteiger charge is 2.27. The van der Waals surface area contributed by atoms with E-state index in [0.717, 1.165) is 7.88 Å². The van der Waals surface area contributed by atoms with Crippen molar-refractivity contribution in [1.29, 1.82) is 0 Å². The van der Waals surface area contributed by atoms with E-state index in [2.05, 4.69) is 32.6 Å². The third kappa shape index (κ3) is 5.61. The van der Waals surface area contributed by atoms with E-state index < -0.39 is 28.4 Å². The first-order chi connectivity index (χ1) is 14.8. The van der Waals surface area contributed by atoms with Crippen LogP contribution in [0.15, 0.2) is 83.8 Å². The van der Waals surface area contributed by atoms with Crippen molar-refractivity contribution < 1.29 is 22.7 Å². The van der Waals surface area contributed by atoms with Crippen molar-refractivity contribution in [2.75, 3.05) is 23.3 Å². The summed E-state index contributed by atoms with van der Waals surface area (Å²) in [6.07, 6.45) is 0. The number of anilines is 2. The van der Waals surface area contributed by atoms with E-state index in [4.69, 9.17) is 0 Å². The van der Waals surface area contributed by atoms with Crippen molar-refractivity contribution in [3.63, 3.8) is 0 Å². The molecule has 160 valence electrons. The molecule has 0 unspecified atom stereocenters. The number of esters is 1. The minimum atomic E-state index is -3.98. The number of nitrogens with zero attached hydrogens (tertiary/aromatic N) is 1. The van der Waals surface area contributed by atoms with Gasteiger partial charge in [0.05, 0.1) is 23.3 Å². The van der Waals surface area contributed by atoms with Gasteiger partial charge in [0.25, 0.3) is 10.0 Å². The molecule has 0 fully saturated rings. The fraction of sp³-hybridized carbons (Fsp3) is 0.0909. The van der Waals surface area contributed by atoms with Crippen LogP contribution in [0, 0.1) is 3.57 Å². The smallest absolute Gasteiger partial charge is 0.337 e. The molecule has 0 saturated carbocycles. The standard InChI is InChI=1S/C22H19IN2O5S/c1-30-22(27)16-6-5-7-18(14-16)24-21(26)15-25(19-12-10-17(23)11-13-19)31(28,29)20-8-3-2-4-9-20/h2-14H,15H2,1H3,(H,24,26). The summed E-state index contributed by atoms with van der Waals surface area (Å²) in [4.78, 5) is 24.5. The summed E-state index contributed by atoms with van der Waals surface area (Å²) in [5, 5.41) is 2.64. The van der Waals surface area contributed by atoms with Crippen LogP contribution in [0.3, 0.4) is 0 Å². The van der Waals surface area contributed by atoms with Crippen LogP contribution in [0.25, 0.3) is 0 Å². The molecule has 7 nitrogen and oxygen atoms in total. The quantitative estimate of drug-likeness (QED) is 0.356. The maximum atomic E-state index is 13.3. The molecule has 0 aliphatic heterocycles. The average Bonchev–Trinajstić information content (AvgIpc) is 2.78. The molecule has 3 aromatic carbocycles. The highest BCUT2D eigenvalue weighted by Crippen LogP contribution is 2.24. The second-order valence-corrected chi connectivity index (χ2v) is 9.53. The Hall–Kier alpha value is -2.92. The van der Waals surface area contributed by atoms with Gasteiger partial charge in [0.2, 0.25) is 5.91 Å². The Kier molecular flexibility index (Phi) is 7.29. The molecule has 3 aromatic rings. The normalized spacial score (nSPS) is 10.9. The van der Waals surface area contributed by atoms with Crippen molar-refractivity contribution in [2.45, 2.75) is 4.90 Å². The van der Waals surface area contributed by atoms with Crippen molar-refractivity contribution in [1.82, 2.24) is 0 Å². The van der Waals surface area contributed by atoms with Crippen LogP contribution in [0.2, 0.25) is 0 Å². The van der Waals surface area contributed by atoms with E-state index in [-0.39, 0.29) is 10.5 Å². The van der Waals surface area contributed by atoms with E-state index >= 15 is 0 Å². The van der Waals surface area contributed by atoms with Gasteiger partial charge in [-0.05, 0) is 77.2 Å². The number of carbonyl (C=O) groups excluding carboxylic acids is 2. The summed E-state index contributed by atoms with van der Waals surface area (Å²) in [6, 6.07) is 21.0. The predicted octanol–water partition coefficient (Wildman–Crippen LogP) is 3.91. The lowest BCUT2D eigenvalue weighted by molar-refractivity contribution is -0.114. The van der Waals surface area contributed by atoms with E-state index in [1.807, 2.05) is 0 Å². The number of ether oxygens (including phenoxy) is 1. The minimum absolute atomic E-state index is 0.0778. The number of sulfonamides is 1. The number of halogens is 1. The summed E-state index contributed by atoms with van der Waals surface area (Å²) >= 11 is 2.12. The fourth-order valence-corrected chi connectivity index (χ4v) is 4.62. The Morgan fingerprint density at radius 3 is 2.29 bits per heavy atom. The zero-order chi connectivity index (χ0) is 22.4. The van der Waals surface area contributed by atoms with E-state index in [0.29, 0.717) is 11.4 Å². The van der Waals surface area contributed by atoms with Gasteiger partial charge in [0.1, 0.15) is 6.54 Å². The van der Waals surface area contributed by atoms with Gasteiger partial charge >= 0.3 is 5.97 Å². The minimum Gasteiger partial charge on any atom is -0.465 e. The summed E-state index contributed by atoms with van der Waals surface area (Å²) < 4.78 is 33.2. The molecule has 0 aromatic heterocycles. The average molecular weight is 550 g/mol. The predicted molar refractivity (Wildman–Crippen MR) is 127 cm³/mol. The molecule has 0 radical (unpaired) electrons. The van der Waals surface area contributed by atoms with Crippen LogP contribution in [0.5, 0.6) is 0 Å². The van der Waals surface area contributed by atoms with Gasteiger partial charge in [0.15, 0.2) is 0 Å².